The maximum absolute atomic E-state index is 5.47. The van der Waals surface area contributed by atoms with Gasteiger partial charge in [-0.2, -0.15) is 0 Å². The number of anilines is 1. The van der Waals surface area contributed by atoms with Gasteiger partial charge in [0.05, 0.1) is 20.0 Å². The highest BCUT2D eigenvalue weighted by atomic mass is 16.5. The third-order valence-electron chi connectivity index (χ3n) is 4.11. The van der Waals surface area contributed by atoms with E-state index in [1.807, 2.05) is 30.3 Å². The van der Waals surface area contributed by atoms with E-state index in [9.17, 15) is 0 Å². The second-order valence-corrected chi connectivity index (χ2v) is 5.46. The Kier molecular flexibility index (Phi) is 4.33. The molecular formula is C19H21NO2. The van der Waals surface area contributed by atoms with Crippen molar-refractivity contribution in [1.29, 1.82) is 0 Å². The summed E-state index contributed by atoms with van der Waals surface area (Å²) in [5.41, 5.74) is 2.40. The number of hydrogen-bond donors (Lipinski definition) is 1. The molecule has 3 heteroatoms. The summed E-state index contributed by atoms with van der Waals surface area (Å²) < 4.78 is 10.7. The molecule has 0 spiro atoms. The van der Waals surface area contributed by atoms with Gasteiger partial charge in [0.1, 0.15) is 5.75 Å². The zero-order valence-electron chi connectivity index (χ0n) is 13.0. The van der Waals surface area contributed by atoms with E-state index >= 15 is 0 Å². The summed E-state index contributed by atoms with van der Waals surface area (Å²) in [4.78, 5) is 0. The third-order valence-corrected chi connectivity index (χ3v) is 4.11. The fourth-order valence-electron chi connectivity index (χ4n) is 2.93. The van der Waals surface area contributed by atoms with Gasteiger partial charge < -0.3 is 14.8 Å². The lowest BCUT2D eigenvalue weighted by Crippen LogP contribution is -2.23. The summed E-state index contributed by atoms with van der Waals surface area (Å²) in [5.74, 6) is 2.23. The molecule has 2 aromatic carbocycles. The molecular weight excluding hydrogens is 274 g/mol. The van der Waals surface area contributed by atoms with Crippen LogP contribution in [0.1, 0.15) is 17.9 Å². The number of benzene rings is 2. The largest absolute Gasteiger partial charge is 0.501 e. The molecule has 0 saturated carbocycles. The number of methoxy groups -OCH3 is 2. The number of ether oxygens (including phenoxy) is 2. The van der Waals surface area contributed by atoms with Gasteiger partial charge in [0.25, 0.3) is 0 Å². The molecule has 1 aliphatic carbocycles. The van der Waals surface area contributed by atoms with Crippen LogP contribution in [0.4, 0.5) is 5.69 Å². The van der Waals surface area contributed by atoms with Crippen molar-refractivity contribution in [3.8, 4) is 5.75 Å². The van der Waals surface area contributed by atoms with Crippen LogP contribution in [0.2, 0.25) is 0 Å². The Balaban J connectivity index is 1.79. The fraction of sp³-hybridized carbons (Fsp3) is 0.263. The molecule has 2 aromatic rings. The van der Waals surface area contributed by atoms with Crippen molar-refractivity contribution in [1.82, 2.24) is 0 Å². The highest BCUT2D eigenvalue weighted by molar-refractivity contribution is 5.49. The zero-order valence-corrected chi connectivity index (χ0v) is 13.0. The average molecular weight is 295 g/mol. The molecule has 3 rings (SSSR count). The minimum Gasteiger partial charge on any atom is -0.501 e. The van der Waals surface area contributed by atoms with Gasteiger partial charge in [0.2, 0.25) is 0 Å². The quantitative estimate of drug-likeness (QED) is 0.897. The maximum Gasteiger partial charge on any atom is 0.119 e. The topological polar surface area (TPSA) is 30.5 Å². The summed E-state index contributed by atoms with van der Waals surface area (Å²) in [7, 11) is 3.42. The third kappa shape index (κ3) is 3.08. The molecule has 3 nitrogen and oxygen atoms in total. The Morgan fingerprint density at radius 3 is 2.27 bits per heavy atom. The monoisotopic (exact) mass is 295 g/mol. The van der Waals surface area contributed by atoms with Gasteiger partial charge >= 0.3 is 0 Å². The molecule has 114 valence electrons. The Hall–Kier alpha value is -2.42. The summed E-state index contributed by atoms with van der Waals surface area (Å²) in [6.45, 7) is 0. The van der Waals surface area contributed by atoms with Crippen LogP contribution in [-0.2, 0) is 4.74 Å². The second-order valence-electron chi connectivity index (χ2n) is 5.46. The Morgan fingerprint density at radius 2 is 1.64 bits per heavy atom. The molecule has 1 aliphatic rings. The number of hydrogen-bond acceptors (Lipinski definition) is 3. The Labute approximate surface area is 131 Å². The lowest BCUT2D eigenvalue weighted by atomic mass is 9.94. The van der Waals surface area contributed by atoms with E-state index in [4.69, 9.17) is 9.47 Å². The van der Waals surface area contributed by atoms with E-state index in [1.54, 1.807) is 14.2 Å². The molecule has 0 bridgehead atoms. The van der Waals surface area contributed by atoms with Crippen LogP contribution in [-0.4, -0.2) is 20.3 Å². The van der Waals surface area contributed by atoms with Crippen LogP contribution in [0.25, 0.3) is 0 Å². The lowest BCUT2D eigenvalue weighted by Gasteiger charge is -2.22. The van der Waals surface area contributed by atoms with Gasteiger partial charge in [-0.1, -0.05) is 30.3 Å². The zero-order chi connectivity index (χ0) is 15.4. The highest BCUT2D eigenvalue weighted by Gasteiger charge is 2.29. The number of rotatable bonds is 5. The molecule has 1 N–H and O–H groups in total. The molecule has 2 atom stereocenters. The number of nitrogens with one attached hydrogen (secondary N) is 1. The van der Waals surface area contributed by atoms with Crippen molar-refractivity contribution in [2.24, 2.45) is 0 Å². The summed E-state index contributed by atoms with van der Waals surface area (Å²) in [6, 6.07) is 18.9. The first-order chi connectivity index (χ1) is 10.8. The van der Waals surface area contributed by atoms with Crippen LogP contribution in [0.5, 0.6) is 5.75 Å². The smallest absolute Gasteiger partial charge is 0.119 e. The van der Waals surface area contributed by atoms with Crippen molar-refractivity contribution in [2.45, 2.75) is 18.4 Å². The normalized spacial score (nSPS) is 20.4. The van der Waals surface area contributed by atoms with Gasteiger partial charge in [0.15, 0.2) is 0 Å². The van der Waals surface area contributed by atoms with Gasteiger partial charge in [-0.3, -0.25) is 0 Å². The first kappa shape index (κ1) is 14.5. The van der Waals surface area contributed by atoms with Crippen molar-refractivity contribution < 1.29 is 9.47 Å². The van der Waals surface area contributed by atoms with Crippen molar-refractivity contribution in [3.63, 3.8) is 0 Å². The van der Waals surface area contributed by atoms with Gasteiger partial charge in [-0.05, 0) is 35.9 Å². The Bertz CT molecular complexity index is 634. The molecule has 0 radical (unpaired) electrons. The van der Waals surface area contributed by atoms with Crippen LogP contribution in [0.3, 0.4) is 0 Å². The first-order valence-corrected chi connectivity index (χ1v) is 7.50. The highest BCUT2D eigenvalue weighted by Crippen LogP contribution is 2.35. The summed E-state index contributed by atoms with van der Waals surface area (Å²) >= 11 is 0. The summed E-state index contributed by atoms with van der Waals surface area (Å²) in [5, 5.41) is 3.62. The molecule has 0 amide bonds. The van der Waals surface area contributed by atoms with E-state index in [0.29, 0.717) is 12.0 Å². The predicted molar refractivity (Wildman–Crippen MR) is 89.3 cm³/mol. The van der Waals surface area contributed by atoms with Crippen LogP contribution >= 0.6 is 0 Å². The van der Waals surface area contributed by atoms with E-state index in [-0.39, 0.29) is 0 Å². The van der Waals surface area contributed by atoms with Gasteiger partial charge in [-0.15, -0.1) is 0 Å². The van der Waals surface area contributed by atoms with Crippen molar-refractivity contribution >= 4 is 5.69 Å². The van der Waals surface area contributed by atoms with Gasteiger partial charge in [0, 0.05) is 24.1 Å². The minimum absolute atomic E-state index is 0.297. The molecule has 22 heavy (non-hydrogen) atoms. The molecule has 0 aromatic heterocycles. The predicted octanol–water partition coefficient (Wildman–Crippen LogP) is 4.19. The van der Waals surface area contributed by atoms with E-state index in [0.717, 1.165) is 23.6 Å². The molecule has 0 saturated heterocycles. The van der Waals surface area contributed by atoms with Crippen LogP contribution in [0, 0.1) is 0 Å². The van der Waals surface area contributed by atoms with Gasteiger partial charge in [-0.25, -0.2) is 0 Å². The molecule has 0 fully saturated rings. The van der Waals surface area contributed by atoms with E-state index in [1.165, 1.54) is 5.56 Å². The summed E-state index contributed by atoms with van der Waals surface area (Å²) in [6.07, 6.45) is 3.11. The fourth-order valence-corrected chi connectivity index (χ4v) is 2.93. The second kappa shape index (κ2) is 6.56. The van der Waals surface area contributed by atoms with Crippen molar-refractivity contribution in [2.75, 3.05) is 19.5 Å². The standard InChI is InChI=1S/C19H21NO2/c1-21-16-10-8-15(9-11-16)20-19-13-17(22-2)12-18(19)14-6-4-3-5-7-14/h3-12,18-20H,13H2,1-2H3. The molecule has 2 unspecified atom stereocenters. The lowest BCUT2D eigenvalue weighted by molar-refractivity contribution is 0.281. The molecule has 0 heterocycles. The maximum atomic E-state index is 5.47. The first-order valence-electron chi connectivity index (χ1n) is 7.50. The average Bonchev–Trinajstić information content (AvgIpc) is 2.99. The molecule has 0 aliphatic heterocycles. The SMILES string of the molecule is COC1=CC(c2ccccc2)C(Nc2ccc(OC)cc2)C1. The van der Waals surface area contributed by atoms with E-state index in [2.05, 4.69) is 35.7 Å². The minimum atomic E-state index is 0.297. The van der Waals surface area contributed by atoms with E-state index < -0.39 is 0 Å². The Morgan fingerprint density at radius 1 is 0.909 bits per heavy atom. The van der Waals surface area contributed by atoms with Crippen LogP contribution < -0.4 is 10.1 Å². The van der Waals surface area contributed by atoms with Crippen molar-refractivity contribution in [3.05, 3.63) is 72.0 Å². The van der Waals surface area contributed by atoms with Crippen LogP contribution in [0.15, 0.2) is 66.4 Å².